The summed E-state index contributed by atoms with van der Waals surface area (Å²) in [6, 6.07) is 3.48. The molecule has 26 heavy (non-hydrogen) atoms. The van der Waals surface area contributed by atoms with Crippen molar-refractivity contribution in [3.05, 3.63) is 28.3 Å². The minimum atomic E-state index is -1.29. The van der Waals surface area contributed by atoms with Gasteiger partial charge in [-0.25, -0.2) is 4.98 Å². The van der Waals surface area contributed by atoms with E-state index in [0.29, 0.717) is 22.4 Å². The van der Waals surface area contributed by atoms with Gasteiger partial charge in [0.05, 0.1) is 16.3 Å². The largest absolute Gasteiger partial charge is 0.398 e. The highest BCUT2D eigenvalue weighted by Crippen LogP contribution is 2.48. The van der Waals surface area contributed by atoms with Crippen molar-refractivity contribution in [3.63, 3.8) is 0 Å². The number of hydrogen-bond acceptors (Lipinski definition) is 5. The zero-order valence-corrected chi connectivity index (χ0v) is 15.9. The predicted octanol–water partition coefficient (Wildman–Crippen LogP) is -5.71. The van der Waals surface area contributed by atoms with Gasteiger partial charge in [0.15, 0.2) is 0 Å². The molecule has 2 atom stereocenters. The van der Waals surface area contributed by atoms with E-state index in [1.54, 1.807) is 28.7 Å². The lowest BCUT2D eigenvalue weighted by molar-refractivity contribution is -0.138. The summed E-state index contributed by atoms with van der Waals surface area (Å²) in [5.41, 5.74) is 6.08. The van der Waals surface area contributed by atoms with E-state index in [1.165, 1.54) is 4.57 Å². The quantitative estimate of drug-likeness (QED) is 0.304. The molecule has 7 nitrogen and oxygen atoms in total. The second-order valence-electron chi connectivity index (χ2n) is 7.83. The van der Waals surface area contributed by atoms with Crippen LogP contribution in [0.3, 0.4) is 0 Å². The van der Waals surface area contributed by atoms with Gasteiger partial charge in [-0.3, -0.25) is 24.3 Å². The van der Waals surface area contributed by atoms with Crippen LogP contribution in [0, 0.1) is 6.92 Å². The molecule has 1 saturated heterocycles. The van der Waals surface area contributed by atoms with Crippen molar-refractivity contribution >= 4 is 73.1 Å². The number of nitrogens with one attached hydrogen (secondary N) is 1. The van der Waals surface area contributed by atoms with Crippen LogP contribution in [0.15, 0.2) is 16.9 Å². The van der Waals surface area contributed by atoms with Gasteiger partial charge in [0, 0.05) is 11.5 Å². The summed E-state index contributed by atoms with van der Waals surface area (Å²) in [6.07, 6.45) is 0. The summed E-state index contributed by atoms with van der Waals surface area (Å²) in [4.78, 5) is 43.1. The van der Waals surface area contributed by atoms with Crippen LogP contribution in [0.4, 0.5) is 5.69 Å². The smallest absolute Gasteiger partial charge is 0.263 e. The Kier molecular flexibility index (Phi) is 3.94. The van der Waals surface area contributed by atoms with Gasteiger partial charge >= 0.3 is 0 Å². The number of nitrogens with two attached hydrogens (primary N) is 1. The maximum absolute atomic E-state index is 13.4. The van der Waals surface area contributed by atoms with Crippen molar-refractivity contribution in [2.24, 2.45) is 0 Å². The molecule has 1 aromatic heterocycles. The number of aryl methyl sites for hydroxylation is 1. The van der Waals surface area contributed by atoms with E-state index in [9.17, 15) is 14.4 Å². The number of amides is 2. The standard InChI is InChI=1S/C14H19B5N4O3/c1-4-21-8-5(15)2-3-6(20)7(8)11(25)23(4)14(19)12(26)22-10(24)9(16)13(14,17)18/h2-3,9H,15-20H2,1H3,(H,22,24,26). The number of carbonyl (C=O) groups excluding carboxylic acids is 2. The fraction of sp³-hybridized carbons (Fsp3) is 0.286. The Morgan fingerprint density at radius 3 is 2.46 bits per heavy atom. The van der Waals surface area contributed by atoms with Crippen LogP contribution >= 0.6 is 0 Å². The number of piperidine rings is 1. The highest BCUT2D eigenvalue weighted by molar-refractivity contribution is 6.55. The van der Waals surface area contributed by atoms with Crippen LogP contribution < -0.4 is 22.1 Å². The molecule has 128 valence electrons. The van der Waals surface area contributed by atoms with Crippen LogP contribution in [0.25, 0.3) is 10.9 Å². The second kappa shape index (κ2) is 5.56. The van der Waals surface area contributed by atoms with Gasteiger partial charge in [-0.05, 0) is 13.0 Å². The summed E-state index contributed by atoms with van der Waals surface area (Å²) in [7, 11) is 8.94. The molecule has 3 N–H and O–H groups in total. The number of anilines is 1. The molecular weight excluding hydrogens is 326 g/mol. The molecule has 2 unspecified atom stereocenters. The highest BCUT2D eigenvalue weighted by Gasteiger charge is 2.57. The van der Waals surface area contributed by atoms with Crippen LogP contribution in [-0.4, -0.2) is 60.6 Å². The predicted molar refractivity (Wildman–Crippen MR) is 115 cm³/mol. The summed E-state index contributed by atoms with van der Waals surface area (Å²) < 4.78 is 1.39. The first kappa shape index (κ1) is 18.4. The maximum atomic E-state index is 13.4. The maximum Gasteiger partial charge on any atom is 0.263 e. The molecule has 12 heteroatoms. The molecule has 2 aromatic rings. The molecule has 0 saturated carbocycles. The lowest BCUT2D eigenvalue weighted by Crippen LogP contribution is -2.68. The third-order valence-corrected chi connectivity index (χ3v) is 6.28. The lowest BCUT2D eigenvalue weighted by atomic mass is 9.31. The molecule has 0 aliphatic carbocycles. The van der Waals surface area contributed by atoms with Gasteiger partial charge in [-0.2, -0.15) is 0 Å². The van der Waals surface area contributed by atoms with E-state index in [0.717, 1.165) is 5.46 Å². The van der Waals surface area contributed by atoms with E-state index >= 15 is 0 Å². The summed E-state index contributed by atoms with van der Waals surface area (Å²) in [6.45, 7) is 1.69. The number of nitrogen functional groups attached to an aromatic ring is 1. The van der Waals surface area contributed by atoms with E-state index < -0.39 is 22.4 Å². The monoisotopic (exact) mass is 346 g/mol. The number of carbonyl (C=O) groups is 2. The number of fused-ring (bicyclic) bond motifs is 1. The van der Waals surface area contributed by atoms with Crippen LogP contribution in [0.5, 0.6) is 0 Å². The van der Waals surface area contributed by atoms with E-state index in [-0.39, 0.29) is 11.5 Å². The Balaban J connectivity index is 2.45. The van der Waals surface area contributed by atoms with Crippen LogP contribution in [-0.2, 0) is 15.0 Å². The Bertz CT molecular complexity index is 1040. The van der Waals surface area contributed by atoms with Gasteiger partial charge in [-0.1, -0.05) is 16.7 Å². The first-order valence-electron chi connectivity index (χ1n) is 8.58. The van der Waals surface area contributed by atoms with Crippen molar-refractivity contribution in [1.29, 1.82) is 0 Å². The Morgan fingerprint density at radius 2 is 1.85 bits per heavy atom. The fourth-order valence-electron chi connectivity index (χ4n) is 3.85. The number of benzene rings is 1. The molecule has 2 amide bonds. The molecule has 1 fully saturated rings. The molecule has 1 aromatic carbocycles. The lowest BCUT2D eigenvalue weighted by Gasteiger charge is -2.51. The van der Waals surface area contributed by atoms with Crippen molar-refractivity contribution in [2.45, 2.75) is 23.4 Å². The van der Waals surface area contributed by atoms with E-state index in [2.05, 4.69) is 10.3 Å². The zero-order chi connectivity index (χ0) is 19.6. The Morgan fingerprint density at radius 1 is 1.23 bits per heavy atom. The summed E-state index contributed by atoms with van der Waals surface area (Å²) in [5.74, 6) is -0.916. The number of imide groups is 1. The number of hydrogen-bond donors (Lipinski definition) is 2. The van der Waals surface area contributed by atoms with Crippen molar-refractivity contribution in [3.8, 4) is 0 Å². The average Bonchev–Trinajstić information content (AvgIpc) is 2.55. The van der Waals surface area contributed by atoms with E-state index in [4.69, 9.17) is 5.73 Å². The molecule has 0 radical (unpaired) electrons. The minimum absolute atomic E-state index is 0.296. The van der Waals surface area contributed by atoms with Crippen LogP contribution in [0.1, 0.15) is 5.82 Å². The van der Waals surface area contributed by atoms with Gasteiger partial charge in [0.2, 0.25) is 11.8 Å². The Hall–Kier alpha value is -2.38. The summed E-state index contributed by atoms with van der Waals surface area (Å²) in [5, 5.41) is 1.89. The molecule has 1 aliphatic heterocycles. The molecule has 2 heterocycles. The number of rotatable bonds is 1. The van der Waals surface area contributed by atoms with Gasteiger partial charge in [0.25, 0.3) is 5.56 Å². The van der Waals surface area contributed by atoms with Gasteiger partial charge in [0.1, 0.15) is 45.1 Å². The van der Waals surface area contributed by atoms with Gasteiger partial charge in [-0.15, -0.1) is 0 Å². The van der Waals surface area contributed by atoms with Crippen molar-refractivity contribution in [2.75, 3.05) is 5.73 Å². The molecule has 1 aliphatic rings. The average molecular weight is 345 g/mol. The number of nitrogens with zero attached hydrogens (tertiary/aromatic N) is 2. The van der Waals surface area contributed by atoms with Crippen molar-refractivity contribution in [1.82, 2.24) is 14.9 Å². The van der Waals surface area contributed by atoms with Crippen molar-refractivity contribution < 1.29 is 9.59 Å². The second-order valence-corrected chi connectivity index (χ2v) is 7.83. The normalized spacial score (nSPS) is 25.2. The molecule has 0 spiro atoms. The molecular formula is C14H19B5N4O3. The Labute approximate surface area is 155 Å². The SMILES string of the molecule is Bc1ccc(N)c2c(=O)n(C3(B)C(=O)NC(=O)C(B)C3(B)B)c(C)nc12. The number of aromatic nitrogens is 2. The fourth-order valence-corrected chi connectivity index (χ4v) is 3.85. The first-order chi connectivity index (χ1) is 11.9. The topological polar surface area (TPSA) is 107 Å². The minimum Gasteiger partial charge on any atom is -0.398 e. The third-order valence-electron chi connectivity index (χ3n) is 6.28. The third kappa shape index (κ3) is 2.14. The molecule has 0 bridgehead atoms. The van der Waals surface area contributed by atoms with Crippen LogP contribution in [0.2, 0.25) is 11.0 Å². The van der Waals surface area contributed by atoms with Gasteiger partial charge < -0.3 is 5.73 Å². The first-order valence-corrected chi connectivity index (χ1v) is 8.58. The highest BCUT2D eigenvalue weighted by atomic mass is 16.2. The zero-order valence-electron chi connectivity index (χ0n) is 15.9. The molecule has 3 rings (SSSR count). The van der Waals surface area contributed by atoms with E-state index in [1.807, 2.05) is 29.6 Å². The summed E-state index contributed by atoms with van der Waals surface area (Å²) >= 11 is 0.